The van der Waals surface area contributed by atoms with Crippen LogP contribution in [0, 0.1) is 0 Å². The molecular weight excluding hydrogens is 298 g/mol. The van der Waals surface area contributed by atoms with E-state index in [-0.39, 0.29) is 12.5 Å². The summed E-state index contributed by atoms with van der Waals surface area (Å²) in [5.41, 5.74) is 5.59. The van der Waals surface area contributed by atoms with E-state index in [1.165, 1.54) is 7.11 Å². The zero-order chi connectivity index (χ0) is 16.8. The van der Waals surface area contributed by atoms with E-state index < -0.39 is 5.91 Å². The summed E-state index contributed by atoms with van der Waals surface area (Å²) in [7, 11) is 3.39. The molecule has 7 nitrogen and oxygen atoms in total. The Kier molecular flexibility index (Phi) is 5.81. The molecule has 126 valence electrons. The summed E-state index contributed by atoms with van der Waals surface area (Å²) >= 11 is 0. The van der Waals surface area contributed by atoms with Crippen LogP contribution in [0.1, 0.15) is 23.2 Å². The highest BCUT2D eigenvalue weighted by molar-refractivity contribution is 5.95. The average Bonchev–Trinajstić information content (AvgIpc) is 2.59. The quantitative estimate of drug-likeness (QED) is 0.790. The zero-order valence-electron chi connectivity index (χ0n) is 13.5. The molecule has 0 spiro atoms. The van der Waals surface area contributed by atoms with Gasteiger partial charge in [-0.15, -0.1) is 0 Å². The molecule has 2 rings (SSSR count). The molecule has 0 bridgehead atoms. The highest BCUT2D eigenvalue weighted by atomic mass is 16.5. The maximum absolute atomic E-state index is 12.6. The number of piperidine rings is 1. The lowest BCUT2D eigenvalue weighted by molar-refractivity contribution is -0.119. The number of carbonyl (C=O) groups excluding carboxylic acids is 2. The molecule has 1 aromatic rings. The van der Waals surface area contributed by atoms with Crippen molar-refractivity contribution in [3.63, 3.8) is 0 Å². The van der Waals surface area contributed by atoms with Gasteiger partial charge in [0.2, 0.25) is 0 Å². The van der Waals surface area contributed by atoms with E-state index >= 15 is 0 Å². The second-order valence-electron chi connectivity index (χ2n) is 5.50. The van der Waals surface area contributed by atoms with Gasteiger partial charge < -0.3 is 25.4 Å². The second kappa shape index (κ2) is 7.82. The summed E-state index contributed by atoms with van der Waals surface area (Å²) < 4.78 is 10.5. The molecule has 1 atom stereocenters. The SMILES string of the molecule is CNC1CCCN(C(=O)c2ccc(OCC(N)=O)c(OC)c2)C1. The number of carbonyl (C=O) groups is 2. The van der Waals surface area contributed by atoms with E-state index in [9.17, 15) is 9.59 Å². The number of primary amides is 1. The smallest absolute Gasteiger partial charge is 0.255 e. The number of benzene rings is 1. The molecule has 1 saturated heterocycles. The molecule has 1 fully saturated rings. The number of hydrogen-bond donors (Lipinski definition) is 2. The van der Waals surface area contributed by atoms with Crippen molar-refractivity contribution >= 4 is 11.8 Å². The number of hydrogen-bond acceptors (Lipinski definition) is 5. The Morgan fingerprint density at radius 2 is 2.17 bits per heavy atom. The first-order valence-corrected chi connectivity index (χ1v) is 7.60. The van der Waals surface area contributed by atoms with Gasteiger partial charge in [-0.05, 0) is 38.1 Å². The normalized spacial score (nSPS) is 17.7. The number of likely N-dealkylation sites (tertiary alicyclic amines) is 1. The molecule has 1 unspecified atom stereocenters. The number of nitrogens with two attached hydrogens (primary N) is 1. The maximum atomic E-state index is 12.6. The van der Waals surface area contributed by atoms with Crippen molar-refractivity contribution in [2.75, 3.05) is 33.9 Å². The number of rotatable bonds is 6. The van der Waals surface area contributed by atoms with Gasteiger partial charge in [-0.2, -0.15) is 0 Å². The molecule has 0 saturated carbocycles. The van der Waals surface area contributed by atoms with Crippen LogP contribution >= 0.6 is 0 Å². The molecule has 7 heteroatoms. The van der Waals surface area contributed by atoms with Crippen LogP contribution in [0.25, 0.3) is 0 Å². The molecule has 1 aromatic carbocycles. The standard InChI is InChI=1S/C16H23N3O4/c1-18-12-4-3-7-19(9-12)16(21)11-5-6-13(14(8-11)22-2)23-10-15(17)20/h5-6,8,12,18H,3-4,7,9-10H2,1-2H3,(H2,17,20). The monoisotopic (exact) mass is 321 g/mol. The first-order valence-electron chi connectivity index (χ1n) is 7.60. The fourth-order valence-electron chi connectivity index (χ4n) is 2.65. The summed E-state index contributed by atoms with van der Waals surface area (Å²) in [6.45, 7) is 1.20. The van der Waals surface area contributed by atoms with Crippen LogP contribution in [-0.2, 0) is 4.79 Å². The minimum absolute atomic E-state index is 0.0373. The summed E-state index contributed by atoms with van der Waals surface area (Å²) in [5.74, 6) is 0.178. The Labute approximate surface area is 135 Å². The van der Waals surface area contributed by atoms with E-state index in [4.69, 9.17) is 15.2 Å². The third kappa shape index (κ3) is 4.35. The largest absolute Gasteiger partial charge is 0.493 e. The van der Waals surface area contributed by atoms with Crippen LogP contribution < -0.4 is 20.5 Å². The van der Waals surface area contributed by atoms with E-state index in [0.29, 0.717) is 29.6 Å². The first kappa shape index (κ1) is 17.1. The molecule has 3 N–H and O–H groups in total. The number of amides is 2. The van der Waals surface area contributed by atoms with Gasteiger partial charge in [-0.1, -0.05) is 0 Å². The van der Waals surface area contributed by atoms with Crippen molar-refractivity contribution in [3.8, 4) is 11.5 Å². The van der Waals surface area contributed by atoms with Crippen LogP contribution in [-0.4, -0.2) is 56.6 Å². The van der Waals surface area contributed by atoms with Gasteiger partial charge in [0.25, 0.3) is 11.8 Å². The first-order chi connectivity index (χ1) is 11.0. The van der Waals surface area contributed by atoms with Gasteiger partial charge in [-0.25, -0.2) is 0 Å². The summed E-state index contributed by atoms with van der Waals surface area (Å²) in [6, 6.07) is 5.24. The fraction of sp³-hybridized carbons (Fsp3) is 0.500. The van der Waals surface area contributed by atoms with Crippen molar-refractivity contribution < 1.29 is 19.1 Å². The van der Waals surface area contributed by atoms with Gasteiger partial charge in [0.1, 0.15) is 0 Å². The topological polar surface area (TPSA) is 93.9 Å². The number of nitrogens with one attached hydrogen (secondary N) is 1. The lowest BCUT2D eigenvalue weighted by Crippen LogP contribution is -2.46. The number of ether oxygens (including phenoxy) is 2. The van der Waals surface area contributed by atoms with E-state index in [1.807, 2.05) is 11.9 Å². The molecule has 1 heterocycles. The minimum atomic E-state index is -0.571. The third-order valence-electron chi connectivity index (χ3n) is 3.90. The van der Waals surface area contributed by atoms with Crippen molar-refractivity contribution in [1.29, 1.82) is 0 Å². The summed E-state index contributed by atoms with van der Waals surface area (Å²) in [5, 5.41) is 3.22. The molecule has 0 aromatic heterocycles. The van der Waals surface area contributed by atoms with Gasteiger partial charge >= 0.3 is 0 Å². The van der Waals surface area contributed by atoms with Gasteiger partial charge in [-0.3, -0.25) is 9.59 Å². The Morgan fingerprint density at radius 3 is 2.83 bits per heavy atom. The molecule has 0 aliphatic carbocycles. The van der Waals surface area contributed by atoms with Gasteiger partial charge in [0.15, 0.2) is 18.1 Å². The van der Waals surface area contributed by atoms with E-state index in [0.717, 1.165) is 19.4 Å². The lowest BCUT2D eigenvalue weighted by atomic mass is 10.0. The number of nitrogens with zero attached hydrogens (tertiary/aromatic N) is 1. The van der Waals surface area contributed by atoms with Crippen molar-refractivity contribution in [1.82, 2.24) is 10.2 Å². The van der Waals surface area contributed by atoms with Crippen molar-refractivity contribution in [2.24, 2.45) is 5.73 Å². The van der Waals surface area contributed by atoms with E-state index in [1.54, 1.807) is 18.2 Å². The summed E-state index contributed by atoms with van der Waals surface area (Å²) in [4.78, 5) is 25.3. The Bertz CT molecular complexity index is 576. The zero-order valence-corrected chi connectivity index (χ0v) is 13.5. The minimum Gasteiger partial charge on any atom is -0.493 e. The maximum Gasteiger partial charge on any atom is 0.255 e. The average molecular weight is 321 g/mol. The summed E-state index contributed by atoms with van der Waals surface area (Å²) in [6.07, 6.45) is 2.05. The number of likely N-dealkylation sites (N-methyl/N-ethyl adjacent to an activating group) is 1. The van der Waals surface area contributed by atoms with Gasteiger partial charge in [0.05, 0.1) is 7.11 Å². The molecule has 23 heavy (non-hydrogen) atoms. The molecular formula is C16H23N3O4. The molecule has 1 aliphatic rings. The fourth-order valence-corrected chi connectivity index (χ4v) is 2.65. The highest BCUT2D eigenvalue weighted by Gasteiger charge is 2.24. The molecule has 2 amide bonds. The van der Waals surface area contributed by atoms with Crippen LogP contribution in [0.15, 0.2) is 18.2 Å². The third-order valence-corrected chi connectivity index (χ3v) is 3.90. The second-order valence-corrected chi connectivity index (χ2v) is 5.50. The van der Waals surface area contributed by atoms with E-state index in [2.05, 4.69) is 5.32 Å². The van der Waals surface area contributed by atoms with Crippen LogP contribution in [0.3, 0.4) is 0 Å². The van der Waals surface area contributed by atoms with Crippen molar-refractivity contribution in [2.45, 2.75) is 18.9 Å². The number of methoxy groups -OCH3 is 1. The van der Waals surface area contributed by atoms with Crippen LogP contribution in [0.5, 0.6) is 11.5 Å². The highest BCUT2D eigenvalue weighted by Crippen LogP contribution is 2.29. The van der Waals surface area contributed by atoms with Crippen LogP contribution in [0.4, 0.5) is 0 Å². The Hall–Kier alpha value is -2.28. The van der Waals surface area contributed by atoms with Crippen molar-refractivity contribution in [3.05, 3.63) is 23.8 Å². The Balaban J connectivity index is 2.12. The molecule has 0 radical (unpaired) electrons. The predicted molar refractivity (Wildman–Crippen MR) is 85.7 cm³/mol. The lowest BCUT2D eigenvalue weighted by Gasteiger charge is -2.32. The van der Waals surface area contributed by atoms with Crippen LogP contribution in [0.2, 0.25) is 0 Å². The Morgan fingerprint density at radius 1 is 1.39 bits per heavy atom. The van der Waals surface area contributed by atoms with Gasteiger partial charge in [0, 0.05) is 24.7 Å². The molecule has 1 aliphatic heterocycles. The predicted octanol–water partition coefficient (Wildman–Crippen LogP) is 0.383.